The quantitative estimate of drug-likeness (QED) is 0.719. The Balaban J connectivity index is 2.52. The number of rotatable bonds is 0. The number of nitrogens with one attached hydrogen (secondary N) is 2. The molecule has 1 aromatic rings. The van der Waals surface area contributed by atoms with Crippen LogP contribution in [0.1, 0.15) is 10.4 Å². The lowest BCUT2D eigenvalue weighted by atomic mass is 10.1. The molecule has 1 aliphatic rings. The van der Waals surface area contributed by atoms with Crippen LogP contribution in [0, 0.1) is 3.57 Å². The molecular formula is C10H9IN2O. The van der Waals surface area contributed by atoms with Gasteiger partial charge < -0.3 is 10.6 Å². The van der Waals surface area contributed by atoms with Crippen molar-refractivity contribution in [1.82, 2.24) is 5.32 Å². The Morgan fingerprint density at radius 2 is 2.21 bits per heavy atom. The van der Waals surface area contributed by atoms with Crippen LogP contribution in [-0.4, -0.2) is 12.5 Å². The summed E-state index contributed by atoms with van der Waals surface area (Å²) in [7, 11) is 0. The summed E-state index contributed by atoms with van der Waals surface area (Å²) < 4.78 is 1.05. The molecule has 72 valence electrons. The van der Waals surface area contributed by atoms with Gasteiger partial charge in [-0.3, -0.25) is 4.79 Å². The van der Waals surface area contributed by atoms with E-state index in [0.29, 0.717) is 12.1 Å². The topological polar surface area (TPSA) is 41.1 Å². The number of anilines is 1. The van der Waals surface area contributed by atoms with Crippen LogP contribution in [0.3, 0.4) is 0 Å². The van der Waals surface area contributed by atoms with Gasteiger partial charge in [0.1, 0.15) is 0 Å². The third-order valence-electron chi connectivity index (χ3n) is 2.00. The van der Waals surface area contributed by atoms with Crippen molar-refractivity contribution in [3.8, 4) is 0 Å². The van der Waals surface area contributed by atoms with E-state index < -0.39 is 0 Å². The van der Waals surface area contributed by atoms with Crippen molar-refractivity contribution >= 4 is 34.2 Å². The van der Waals surface area contributed by atoms with Gasteiger partial charge in [0.2, 0.25) is 0 Å². The number of carbonyl (C=O) groups excluding carboxylic acids is 1. The number of hydrogen-bond donors (Lipinski definition) is 2. The second-order valence-corrected chi connectivity index (χ2v) is 4.35. The molecule has 0 atom stereocenters. The van der Waals surface area contributed by atoms with E-state index in [2.05, 4.69) is 39.8 Å². The first kappa shape index (κ1) is 9.51. The molecule has 0 radical (unpaired) electrons. The fraction of sp³-hybridized carbons (Fsp3) is 0.100. The van der Waals surface area contributed by atoms with Crippen molar-refractivity contribution < 1.29 is 4.79 Å². The zero-order valence-electron chi connectivity index (χ0n) is 7.43. The van der Waals surface area contributed by atoms with Crippen LogP contribution in [-0.2, 0) is 0 Å². The van der Waals surface area contributed by atoms with Gasteiger partial charge in [0.05, 0.1) is 17.8 Å². The Morgan fingerprint density at radius 3 is 3.00 bits per heavy atom. The van der Waals surface area contributed by atoms with E-state index in [-0.39, 0.29) is 5.91 Å². The minimum Gasteiger partial charge on any atom is -0.357 e. The lowest BCUT2D eigenvalue weighted by Crippen LogP contribution is -2.23. The van der Waals surface area contributed by atoms with Crippen LogP contribution in [0.25, 0.3) is 0 Å². The molecule has 2 rings (SSSR count). The Kier molecular flexibility index (Phi) is 2.45. The standard InChI is InChI=1S/C10H9IN2O/c1-6-5-12-10(14)8-4-7(11)2-3-9(8)13-6/h2-4,13H,1,5H2,(H,12,14). The van der Waals surface area contributed by atoms with E-state index in [1.54, 1.807) is 0 Å². The SMILES string of the molecule is C=C1CNC(=O)c2cc(I)ccc2N1. The minimum atomic E-state index is -0.0512. The summed E-state index contributed by atoms with van der Waals surface area (Å²) in [5.74, 6) is -0.0512. The van der Waals surface area contributed by atoms with Crippen molar-refractivity contribution in [3.63, 3.8) is 0 Å². The van der Waals surface area contributed by atoms with Gasteiger partial charge in [-0.05, 0) is 40.8 Å². The maximum atomic E-state index is 11.6. The molecule has 0 bridgehead atoms. The van der Waals surface area contributed by atoms with Crippen molar-refractivity contribution in [1.29, 1.82) is 0 Å². The van der Waals surface area contributed by atoms with Crippen LogP contribution in [0.5, 0.6) is 0 Å². The summed E-state index contributed by atoms with van der Waals surface area (Å²) in [6.45, 7) is 4.28. The van der Waals surface area contributed by atoms with Crippen LogP contribution in [0.15, 0.2) is 30.5 Å². The van der Waals surface area contributed by atoms with Crippen LogP contribution in [0.4, 0.5) is 5.69 Å². The van der Waals surface area contributed by atoms with Crippen LogP contribution in [0.2, 0.25) is 0 Å². The second kappa shape index (κ2) is 3.61. The molecular weight excluding hydrogens is 291 g/mol. The monoisotopic (exact) mass is 300 g/mol. The molecule has 0 saturated heterocycles. The highest BCUT2D eigenvalue weighted by atomic mass is 127. The van der Waals surface area contributed by atoms with Crippen molar-refractivity contribution in [2.45, 2.75) is 0 Å². The van der Waals surface area contributed by atoms with Crippen molar-refractivity contribution in [2.24, 2.45) is 0 Å². The Hall–Kier alpha value is -1.04. The molecule has 0 aromatic heterocycles. The van der Waals surface area contributed by atoms with Crippen LogP contribution < -0.4 is 10.6 Å². The van der Waals surface area contributed by atoms with E-state index in [1.165, 1.54) is 0 Å². The van der Waals surface area contributed by atoms with Crippen molar-refractivity contribution in [2.75, 3.05) is 11.9 Å². The third kappa shape index (κ3) is 1.75. The largest absolute Gasteiger partial charge is 0.357 e. The Morgan fingerprint density at radius 1 is 1.43 bits per heavy atom. The first-order valence-electron chi connectivity index (χ1n) is 4.19. The average molecular weight is 300 g/mol. The molecule has 3 nitrogen and oxygen atoms in total. The summed E-state index contributed by atoms with van der Waals surface area (Å²) >= 11 is 2.18. The fourth-order valence-electron chi connectivity index (χ4n) is 1.33. The molecule has 1 aromatic carbocycles. The molecule has 1 aliphatic heterocycles. The van der Waals surface area contributed by atoms with Crippen LogP contribution >= 0.6 is 22.6 Å². The summed E-state index contributed by atoms with van der Waals surface area (Å²) in [4.78, 5) is 11.6. The second-order valence-electron chi connectivity index (χ2n) is 3.10. The molecule has 4 heteroatoms. The maximum absolute atomic E-state index is 11.6. The first-order chi connectivity index (χ1) is 6.66. The van der Waals surface area contributed by atoms with Gasteiger partial charge in [0.25, 0.3) is 5.91 Å². The summed E-state index contributed by atoms with van der Waals surface area (Å²) in [6, 6.07) is 5.71. The lowest BCUT2D eigenvalue weighted by molar-refractivity contribution is 0.0959. The van der Waals surface area contributed by atoms with Gasteiger partial charge >= 0.3 is 0 Å². The van der Waals surface area contributed by atoms with E-state index in [1.807, 2.05) is 18.2 Å². The highest BCUT2D eigenvalue weighted by Gasteiger charge is 2.15. The average Bonchev–Trinajstić information content (AvgIpc) is 2.29. The summed E-state index contributed by atoms with van der Waals surface area (Å²) in [5, 5.41) is 5.87. The maximum Gasteiger partial charge on any atom is 0.253 e. The molecule has 0 fully saturated rings. The number of amides is 1. The first-order valence-corrected chi connectivity index (χ1v) is 5.27. The smallest absolute Gasteiger partial charge is 0.253 e. The van der Waals surface area contributed by atoms with E-state index in [9.17, 15) is 4.79 Å². The normalized spacial score (nSPS) is 15.2. The van der Waals surface area contributed by atoms with E-state index >= 15 is 0 Å². The van der Waals surface area contributed by atoms with Crippen molar-refractivity contribution in [3.05, 3.63) is 39.6 Å². The Labute approximate surface area is 95.7 Å². The molecule has 0 unspecified atom stereocenters. The Bertz CT molecular complexity index is 415. The number of benzene rings is 1. The molecule has 14 heavy (non-hydrogen) atoms. The van der Waals surface area contributed by atoms with E-state index in [0.717, 1.165) is 15.0 Å². The predicted octanol–water partition coefficient (Wildman–Crippen LogP) is 1.96. The van der Waals surface area contributed by atoms with Gasteiger partial charge in [-0.25, -0.2) is 0 Å². The molecule has 0 spiro atoms. The number of hydrogen-bond acceptors (Lipinski definition) is 2. The molecule has 1 heterocycles. The summed E-state index contributed by atoms with van der Waals surface area (Å²) in [5.41, 5.74) is 2.30. The third-order valence-corrected chi connectivity index (χ3v) is 2.67. The molecule has 1 amide bonds. The van der Waals surface area contributed by atoms with Gasteiger partial charge in [-0.2, -0.15) is 0 Å². The zero-order chi connectivity index (χ0) is 10.1. The van der Waals surface area contributed by atoms with Gasteiger partial charge in [0, 0.05) is 9.27 Å². The highest BCUT2D eigenvalue weighted by molar-refractivity contribution is 14.1. The number of halogens is 1. The molecule has 0 aliphatic carbocycles. The van der Waals surface area contributed by atoms with Gasteiger partial charge in [0.15, 0.2) is 0 Å². The number of carbonyl (C=O) groups is 1. The predicted molar refractivity (Wildman–Crippen MR) is 64.3 cm³/mol. The highest BCUT2D eigenvalue weighted by Crippen LogP contribution is 2.21. The van der Waals surface area contributed by atoms with Gasteiger partial charge in [-0.15, -0.1) is 0 Å². The van der Waals surface area contributed by atoms with Gasteiger partial charge in [-0.1, -0.05) is 6.58 Å². The zero-order valence-corrected chi connectivity index (χ0v) is 9.59. The number of fused-ring (bicyclic) bond motifs is 1. The molecule has 2 N–H and O–H groups in total. The summed E-state index contributed by atoms with van der Waals surface area (Å²) in [6.07, 6.45) is 0. The molecule has 0 saturated carbocycles. The lowest BCUT2D eigenvalue weighted by Gasteiger charge is -2.06. The fourth-order valence-corrected chi connectivity index (χ4v) is 1.82. The van der Waals surface area contributed by atoms with E-state index in [4.69, 9.17) is 0 Å². The minimum absolute atomic E-state index is 0.0512.